The number of alkyl halides is 1. The Morgan fingerprint density at radius 2 is 1.89 bits per heavy atom. The SMILES string of the molecule is CC(C)(F)CN1CCC(CNC2(C)C=CC(c3ccc(C(=O)N4CCC[C@H]4CO)cc3)=CC2)CC1. The quantitative estimate of drug-likeness (QED) is 0.574. The molecule has 2 saturated heterocycles. The molecular formula is C29H42FN3O2. The molecule has 0 saturated carbocycles. The molecule has 2 N–H and O–H groups in total. The first-order chi connectivity index (χ1) is 16.7. The second kappa shape index (κ2) is 10.9. The first kappa shape index (κ1) is 26.1. The Bertz CT molecular complexity index is 928. The highest BCUT2D eigenvalue weighted by molar-refractivity contribution is 5.95. The number of hydrogen-bond donors (Lipinski definition) is 2. The van der Waals surface area contributed by atoms with Gasteiger partial charge in [-0.3, -0.25) is 4.79 Å². The molecule has 1 aromatic rings. The van der Waals surface area contributed by atoms with Crippen LogP contribution in [0.15, 0.2) is 42.5 Å². The van der Waals surface area contributed by atoms with Crippen molar-refractivity contribution in [2.45, 2.75) is 70.1 Å². The van der Waals surface area contributed by atoms with E-state index in [0.717, 1.165) is 63.8 Å². The fourth-order valence-electron chi connectivity index (χ4n) is 5.60. The minimum Gasteiger partial charge on any atom is -0.394 e. The van der Waals surface area contributed by atoms with Gasteiger partial charge in [0.2, 0.25) is 0 Å². The molecule has 1 aliphatic carbocycles. The van der Waals surface area contributed by atoms with Gasteiger partial charge in [-0.05, 0) is 102 Å². The molecule has 2 fully saturated rings. The van der Waals surface area contributed by atoms with E-state index >= 15 is 0 Å². The summed E-state index contributed by atoms with van der Waals surface area (Å²) in [4.78, 5) is 16.9. The zero-order valence-electron chi connectivity index (χ0n) is 21.6. The number of halogens is 1. The molecule has 3 aliphatic rings. The summed E-state index contributed by atoms with van der Waals surface area (Å²) in [5.74, 6) is 0.646. The van der Waals surface area contributed by atoms with E-state index in [4.69, 9.17) is 0 Å². The highest BCUT2D eigenvalue weighted by Crippen LogP contribution is 2.29. The van der Waals surface area contributed by atoms with Crippen molar-refractivity contribution in [1.82, 2.24) is 15.1 Å². The summed E-state index contributed by atoms with van der Waals surface area (Å²) in [6.45, 7) is 9.79. The van der Waals surface area contributed by atoms with Crippen LogP contribution in [0.25, 0.3) is 5.57 Å². The van der Waals surface area contributed by atoms with Crippen molar-refractivity contribution in [3.63, 3.8) is 0 Å². The summed E-state index contributed by atoms with van der Waals surface area (Å²) in [6, 6.07) is 7.81. The van der Waals surface area contributed by atoms with Gasteiger partial charge in [-0.15, -0.1) is 0 Å². The molecule has 192 valence electrons. The molecule has 0 spiro atoms. The van der Waals surface area contributed by atoms with E-state index in [2.05, 4.69) is 35.4 Å². The van der Waals surface area contributed by atoms with Crippen LogP contribution in [0.5, 0.6) is 0 Å². The Labute approximate surface area is 210 Å². The molecule has 6 heteroatoms. The minimum atomic E-state index is -1.12. The summed E-state index contributed by atoms with van der Waals surface area (Å²) in [5, 5.41) is 13.3. The fraction of sp³-hybridized carbons (Fsp3) is 0.621. The lowest BCUT2D eigenvalue weighted by Crippen LogP contribution is -2.47. The van der Waals surface area contributed by atoms with Crippen LogP contribution in [0, 0.1) is 5.92 Å². The Morgan fingerprint density at radius 1 is 1.17 bits per heavy atom. The van der Waals surface area contributed by atoms with Crippen molar-refractivity contribution in [1.29, 1.82) is 0 Å². The van der Waals surface area contributed by atoms with Gasteiger partial charge in [0.15, 0.2) is 0 Å². The molecule has 0 bridgehead atoms. The monoisotopic (exact) mass is 483 g/mol. The molecular weight excluding hydrogens is 441 g/mol. The van der Waals surface area contributed by atoms with Crippen LogP contribution in [0.3, 0.4) is 0 Å². The number of amides is 1. The van der Waals surface area contributed by atoms with Crippen molar-refractivity contribution < 1.29 is 14.3 Å². The maximum Gasteiger partial charge on any atom is 0.254 e. The van der Waals surface area contributed by atoms with E-state index in [1.165, 1.54) is 5.57 Å². The number of likely N-dealkylation sites (tertiary alicyclic amines) is 2. The second-order valence-electron chi connectivity index (χ2n) is 11.5. The van der Waals surface area contributed by atoms with Crippen molar-refractivity contribution in [2.75, 3.05) is 39.3 Å². The van der Waals surface area contributed by atoms with Crippen molar-refractivity contribution in [3.05, 3.63) is 53.6 Å². The molecule has 1 amide bonds. The third-order valence-corrected chi connectivity index (χ3v) is 7.79. The molecule has 1 aromatic carbocycles. The van der Waals surface area contributed by atoms with E-state index in [-0.39, 0.29) is 24.1 Å². The predicted octanol–water partition coefficient (Wildman–Crippen LogP) is 4.44. The average molecular weight is 484 g/mol. The van der Waals surface area contributed by atoms with E-state index < -0.39 is 5.67 Å². The van der Waals surface area contributed by atoms with Gasteiger partial charge in [0.05, 0.1) is 12.6 Å². The van der Waals surface area contributed by atoms with E-state index in [1.807, 2.05) is 24.3 Å². The first-order valence-corrected chi connectivity index (χ1v) is 13.2. The number of aliphatic hydroxyl groups excluding tert-OH is 1. The topological polar surface area (TPSA) is 55.8 Å². The lowest BCUT2D eigenvalue weighted by atomic mass is 9.87. The van der Waals surface area contributed by atoms with Gasteiger partial charge < -0.3 is 20.2 Å². The molecule has 5 nitrogen and oxygen atoms in total. The zero-order valence-corrected chi connectivity index (χ0v) is 21.6. The Morgan fingerprint density at radius 3 is 2.49 bits per heavy atom. The standard InChI is InChI=1S/C29H42FN3O2/c1-28(2,30)21-32-17-12-22(13-18-32)19-31-29(3)14-10-24(11-15-29)23-6-8-25(9-7-23)27(35)33-16-4-5-26(33)20-34/h6-11,14,22,26,31,34H,4-5,12-13,15-21H2,1-3H3/t26-,29?/m0/s1. The predicted molar refractivity (Wildman–Crippen MR) is 140 cm³/mol. The number of nitrogens with one attached hydrogen (secondary N) is 1. The molecule has 0 radical (unpaired) electrons. The molecule has 1 unspecified atom stereocenters. The molecule has 2 heterocycles. The number of carbonyl (C=O) groups is 1. The fourth-order valence-corrected chi connectivity index (χ4v) is 5.60. The smallest absolute Gasteiger partial charge is 0.254 e. The number of aliphatic hydroxyl groups is 1. The average Bonchev–Trinajstić information content (AvgIpc) is 3.32. The number of nitrogens with zero attached hydrogens (tertiary/aromatic N) is 2. The van der Waals surface area contributed by atoms with Gasteiger partial charge in [0, 0.05) is 24.2 Å². The third-order valence-electron chi connectivity index (χ3n) is 7.79. The van der Waals surface area contributed by atoms with Gasteiger partial charge in [-0.2, -0.15) is 0 Å². The lowest BCUT2D eigenvalue weighted by molar-refractivity contribution is 0.0677. The highest BCUT2D eigenvalue weighted by Gasteiger charge is 2.30. The van der Waals surface area contributed by atoms with Gasteiger partial charge >= 0.3 is 0 Å². The summed E-state index contributed by atoms with van der Waals surface area (Å²) in [6.07, 6.45) is 11.7. The first-order valence-electron chi connectivity index (χ1n) is 13.2. The second-order valence-corrected chi connectivity index (χ2v) is 11.5. The van der Waals surface area contributed by atoms with E-state index in [0.29, 0.717) is 18.0 Å². The Hall–Kier alpha value is -2.02. The van der Waals surface area contributed by atoms with Crippen LogP contribution < -0.4 is 5.32 Å². The lowest BCUT2D eigenvalue weighted by Gasteiger charge is -2.37. The van der Waals surface area contributed by atoms with Crippen molar-refractivity contribution >= 4 is 11.5 Å². The normalized spacial score (nSPS) is 26.3. The molecule has 35 heavy (non-hydrogen) atoms. The number of benzene rings is 1. The van der Waals surface area contributed by atoms with Gasteiger partial charge in [-0.1, -0.05) is 30.4 Å². The zero-order chi connectivity index (χ0) is 25.1. The summed E-state index contributed by atoms with van der Waals surface area (Å²) in [5.41, 5.74) is 1.79. The number of hydrogen-bond acceptors (Lipinski definition) is 4. The van der Waals surface area contributed by atoms with Crippen LogP contribution in [0.1, 0.15) is 68.8 Å². The highest BCUT2D eigenvalue weighted by atomic mass is 19.1. The van der Waals surface area contributed by atoms with E-state index in [9.17, 15) is 14.3 Å². The van der Waals surface area contributed by atoms with Crippen molar-refractivity contribution in [2.24, 2.45) is 5.92 Å². The largest absolute Gasteiger partial charge is 0.394 e. The van der Waals surface area contributed by atoms with Crippen LogP contribution >= 0.6 is 0 Å². The molecule has 2 atom stereocenters. The van der Waals surface area contributed by atoms with Gasteiger partial charge in [-0.25, -0.2) is 4.39 Å². The van der Waals surface area contributed by atoms with Gasteiger partial charge in [0.1, 0.15) is 5.67 Å². The summed E-state index contributed by atoms with van der Waals surface area (Å²) in [7, 11) is 0. The maximum absolute atomic E-state index is 13.9. The van der Waals surface area contributed by atoms with Crippen LogP contribution in [0.2, 0.25) is 0 Å². The van der Waals surface area contributed by atoms with Gasteiger partial charge in [0.25, 0.3) is 5.91 Å². The summed E-state index contributed by atoms with van der Waals surface area (Å²) >= 11 is 0. The third kappa shape index (κ3) is 6.81. The van der Waals surface area contributed by atoms with Crippen molar-refractivity contribution in [3.8, 4) is 0 Å². The Kier molecular flexibility index (Phi) is 8.14. The maximum atomic E-state index is 13.9. The number of carbonyl (C=O) groups excluding carboxylic acids is 1. The molecule has 4 rings (SSSR count). The molecule has 2 aliphatic heterocycles. The van der Waals surface area contributed by atoms with Crippen LogP contribution in [-0.2, 0) is 0 Å². The molecule has 0 aromatic heterocycles. The number of rotatable bonds is 8. The van der Waals surface area contributed by atoms with E-state index in [1.54, 1.807) is 18.7 Å². The Balaban J connectivity index is 1.26. The summed E-state index contributed by atoms with van der Waals surface area (Å²) < 4.78 is 13.9. The number of piperidine rings is 1. The van der Waals surface area contributed by atoms with Crippen LogP contribution in [0.4, 0.5) is 4.39 Å². The number of allylic oxidation sites excluding steroid dienone is 2. The van der Waals surface area contributed by atoms with Crippen LogP contribution in [-0.4, -0.2) is 77.4 Å². The minimum absolute atomic E-state index is 0.0114.